The Morgan fingerprint density at radius 3 is 2.50 bits per heavy atom. The van der Waals surface area contributed by atoms with Gasteiger partial charge in [0.25, 0.3) is 15.9 Å². The number of sulfonamides is 1. The second-order valence-electron chi connectivity index (χ2n) is 7.32. The number of hydrogen-bond donors (Lipinski definition) is 2. The van der Waals surface area contributed by atoms with Gasteiger partial charge in [0.15, 0.2) is 0 Å². The number of benzene rings is 2. The van der Waals surface area contributed by atoms with E-state index >= 15 is 0 Å². The highest BCUT2D eigenvalue weighted by Gasteiger charge is 2.17. The van der Waals surface area contributed by atoms with E-state index in [0.717, 1.165) is 19.6 Å². The smallest absolute Gasteiger partial charge is 0.261 e. The summed E-state index contributed by atoms with van der Waals surface area (Å²) in [7, 11) is -3.68. The van der Waals surface area contributed by atoms with Gasteiger partial charge in [-0.2, -0.15) is 0 Å². The molecule has 2 aromatic carbocycles. The summed E-state index contributed by atoms with van der Waals surface area (Å²) >= 11 is 0. The van der Waals surface area contributed by atoms with Crippen LogP contribution in [0.25, 0.3) is 0 Å². The minimum absolute atomic E-state index is 0.181. The molecule has 0 spiro atoms. The number of carbonyl (C=O) groups excluding carboxylic acids is 1. The van der Waals surface area contributed by atoms with Crippen LogP contribution in [0.2, 0.25) is 0 Å². The molecule has 0 saturated carbocycles. The maximum atomic E-state index is 12.5. The van der Waals surface area contributed by atoms with Crippen LogP contribution in [0.4, 0.5) is 5.69 Å². The van der Waals surface area contributed by atoms with Gasteiger partial charge in [-0.25, -0.2) is 8.42 Å². The third kappa shape index (κ3) is 5.56. The molecule has 1 atom stereocenters. The summed E-state index contributed by atoms with van der Waals surface area (Å²) in [6, 6.07) is 14.7. The van der Waals surface area contributed by atoms with Crippen molar-refractivity contribution in [2.45, 2.75) is 24.7 Å². The summed E-state index contributed by atoms with van der Waals surface area (Å²) in [4.78, 5) is 15.1. The molecule has 1 amide bonds. The zero-order valence-electron chi connectivity index (χ0n) is 16.1. The van der Waals surface area contributed by atoms with Gasteiger partial charge >= 0.3 is 0 Å². The van der Waals surface area contributed by atoms with Gasteiger partial charge in [-0.15, -0.1) is 0 Å². The summed E-state index contributed by atoms with van der Waals surface area (Å²) in [5.41, 5.74) is 0.795. The van der Waals surface area contributed by atoms with Gasteiger partial charge in [0, 0.05) is 24.3 Å². The topological polar surface area (TPSA) is 78.5 Å². The molecule has 1 aliphatic rings. The second-order valence-corrected chi connectivity index (χ2v) is 9.00. The lowest BCUT2D eigenvalue weighted by atomic mass is 10.1. The van der Waals surface area contributed by atoms with Gasteiger partial charge < -0.3 is 10.2 Å². The SMILES string of the molecule is CC(CNC(=O)c1cccc(NS(=O)(=O)c2ccccc2)c1)CN1CCCC1. The van der Waals surface area contributed by atoms with Crippen molar-refractivity contribution in [3.05, 3.63) is 60.2 Å². The van der Waals surface area contributed by atoms with E-state index < -0.39 is 10.0 Å². The summed E-state index contributed by atoms with van der Waals surface area (Å²) < 4.78 is 27.4. The first-order chi connectivity index (χ1) is 13.4. The van der Waals surface area contributed by atoms with E-state index in [4.69, 9.17) is 0 Å². The van der Waals surface area contributed by atoms with Gasteiger partial charge in [-0.1, -0.05) is 31.2 Å². The van der Waals surface area contributed by atoms with E-state index in [1.165, 1.54) is 25.0 Å². The van der Waals surface area contributed by atoms with Crippen LogP contribution in [0.15, 0.2) is 59.5 Å². The third-order valence-corrected chi connectivity index (χ3v) is 6.21. The molecule has 0 bridgehead atoms. The Morgan fingerprint density at radius 2 is 1.79 bits per heavy atom. The number of nitrogens with one attached hydrogen (secondary N) is 2. The fraction of sp³-hybridized carbons (Fsp3) is 0.381. The van der Waals surface area contributed by atoms with Crippen molar-refractivity contribution >= 4 is 21.6 Å². The van der Waals surface area contributed by atoms with Crippen molar-refractivity contribution in [2.24, 2.45) is 5.92 Å². The molecule has 1 unspecified atom stereocenters. The maximum Gasteiger partial charge on any atom is 0.261 e. The molecule has 0 radical (unpaired) electrons. The average Bonchev–Trinajstić information content (AvgIpc) is 3.19. The second kappa shape index (κ2) is 9.21. The maximum absolute atomic E-state index is 12.5. The fourth-order valence-electron chi connectivity index (χ4n) is 3.38. The standard InChI is InChI=1S/C21H27N3O3S/c1-17(16-24-12-5-6-13-24)15-22-21(25)18-8-7-9-19(14-18)23-28(26,27)20-10-3-2-4-11-20/h2-4,7-11,14,17,23H,5-6,12-13,15-16H2,1H3,(H,22,25). The number of hydrogen-bond acceptors (Lipinski definition) is 4. The Balaban J connectivity index is 1.58. The Bertz CT molecular complexity index is 894. The van der Waals surface area contributed by atoms with E-state index in [9.17, 15) is 13.2 Å². The van der Waals surface area contributed by atoms with Gasteiger partial charge in [0.2, 0.25) is 0 Å². The Labute approximate surface area is 167 Å². The highest BCUT2D eigenvalue weighted by Crippen LogP contribution is 2.17. The number of nitrogens with zero attached hydrogens (tertiary/aromatic N) is 1. The van der Waals surface area contributed by atoms with Crippen LogP contribution in [0.5, 0.6) is 0 Å². The highest BCUT2D eigenvalue weighted by atomic mass is 32.2. The summed E-state index contributed by atoms with van der Waals surface area (Å²) in [5, 5.41) is 2.95. The Kier molecular flexibility index (Phi) is 6.70. The van der Waals surface area contributed by atoms with Gasteiger partial charge in [0.1, 0.15) is 0 Å². The van der Waals surface area contributed by atoms with Gasteiger partial charge in [0.05, 0.1) is 4.90 Å². The van der Waals surface area contributed by atoms with Crippen LogP contribution in [0.1, 0.15) is 30.1 Å². The normalized spacial score (nSPS) is 15.9. The highest BCUT2D eigenvalue weighted by molar-refractivity contribution is 7.92. The van der Waals surface area contributed by atoms with Crippen molar-refractivity contribution in [3.63, 3.8) is 0 Å². The van der Waals surface area contributed by atoms with Crippen LogP contribution in [-0.2, 0) is 10.0 Å². The molecule has 2 aromatic rings. The van der Waals surface area contributed by atoms with Crippen molar-refractivity contribution in [3.8, 4) is 0 Å². The van der Waals surface area contributed by atoms with E-state index in [1.807, 2.05) is 0 Å². The molecule has 3 rings (SSSR count). The predicted octanol–water partition coefficient (Wildman–Crippen LogP) is 2.95. The number of likely N-dealkylation sites (tertiary alicyclic amines) is 1. The summed E-state index contributed by atoms with van der Waals surface area (Å²) in [5.74, 6) is 0.163. The van der Waals surface area contributed by atoms with Crippen LogP contribution in [0, 0.1) is 5.92 Å². The molecular weight excluding hydrogens is 374 g/mol. The van der Waals surface area contributed by atoms with Crippen molar-refractivity contribution in [1.82, 2.24) is 10.2 Å². The minimum atomic E-state index is -3.68. The van der Waals surface area contributed by atoms with Gasteiger partial charge in [-0.05, 0) is 62.2 Å². The largest absolute Gasteiger partial charge is 0.352 e. The first-order valence-corrected chi connectivity index (χ1v) is 11.1. The number of carbonyl (C=O) groups is 1. The lowest BCUT2D eigenvalue weighted by molar-refractivity contribution is 0.0945. The number of anilines is 1. The zero-order chi connectivity index (χ0) is 20.0. The van der Waals surface area contributed by atoms with Crippen molar-refractivity contribution in [2.75, 3.05) is 30.9 Å². The fourth-order valence-corrected chi connectivity index (χ4v) is 4.45. The molecule has 7 heteroatoms. The average molecular weight is 402 g/mol. The zero-order valence-corrected chi connectivity index (χ0v) is 16.9. The molecule has 2 N–H and O–H groups in total. The van der Waals surface area contributed by atoms with Crippen LogP contribution < -0.4 is 10.0 Å². The van der Waals surface area contributed by atoms with Gasteiger partial charge in [-0.3, -0.25) is 9.52 Å². The predicted molar refractivity (Wildman–Crippen MR) is 111 cm³/mol. The quantitative estimate of drug-likeness (QED) is 0.713. The van der Waals surface area contributed by atoms with Crippen LogP contribution in [0.3, 0.4) is 0 Å². The lowest BCUT2D eigenvalue weighted by Crippen LogP contribution is -2.34. The summed E-state index contributed by atoms with van der Waals surface area (Å²) in [6.07, 6.45) is 2.51. The van der Waals surface area contributed by atoms with Crippen molar-refractivity contribution in [1.29, 1.82) is 0 Å². The summed E-state index contributed by atoms with van der Waals surface area (Å²) in [6.45, 7) is 5.99. The van der Waals surface area contributed by atoms with E-state index in [1.54, 1.807) is 42.5 Å². The Hall–Kier alpha value is -2.38. The molecule has 0 aliphatic carbocycles. The van der Waals surface area contributed by atoms with E-state index in [0.29, 0.717) is 23.7 Å². The number of amides is 1. The van der Waals surface area contributed by atoms with Crippen LogP contribution in [-0.4, -0.2) is 45.4 Å². The molecular formula is C21H27N3O3S. The molecule has 6 nitrogen and oxygen atoms in total. The molecule has 28 heavy (non-hydrogen) atoms. The molecule has 1 saturated heterocycles. The molecule has 1 fully saturated rings. The Morgan fingerprint density at radius 1 is 1.07 bits per heavy atom. The molecule has 1 aliphatic heterocycles. The lowest BCUT2D eigenvalue weighted by Gasteiger charge is -2.20. The first kappa shape index (κ1) is 20.4. The van der Waals surface area contributed by atoms with E-state index in [2.05, 4.69) is 21.9 Å². The first-order valence-electron chi connectivity index (χ1n) is 9.62. The third-order valence-electron chi connectivity index (χ3n) is 4.81. The van der Waals surface area contributed by atoms with E-state index in [-0.39, 0.29) is 10.8 Å². The van der Waals surface area contributed by atoms with Crippen LogP contribution >= 0.6 is 0 Å². The molecule has 0 aromatic heterocycles. The minimum Gasteiger partial charge on any atom is -0.352 e. The number of rotatable bonds is 8. The molecule has 1 heterocycles. The monoisotopic (exact) mass is 401 g/mol. The molecule has 150 valence electrons. The van der Waals surface area contributed by atoms with Crippen molar-refractivity contribution < 1.29 is 13.2 Å².